The molecule has 1 heterocycles. The monoisotopic (exact) mass is 291 g/mol. The maximum absolute atomic E-state index is 11.7. The first-order valence-corrected chi connectivity index (χ1v) is 6.73. The summed E-state index contributed by atoms with van der Waals surface area (Å²) in [5, 5.41) is 7.66. The van der Waals surface area contributed by atoms with Gasteiger partial charge in [-0.2, -0.15) is 0 Å². The lowest BCUT2D eigenvalue weighted by atomic mass is 10.2. The van der Waals surface area contributed by atoms with Gasteiger partial charge in [0.25, 0.3) is 5.91 Å². The van der Waals surface area contributed by atoms with Crippen molar-refractivity contribution < 1.29 is 4.79 Å². The van der Waals surface area contributed by atoms with Crippen molar-refractivity contribution in [3.63, 3.8) is 0 Å². The minimum absolute atomic E-state index is 0.0605. The summed E-state index contributed by atoms with van der Waals surface area (Å²) in [4.78, 5) is 12.3. The predicted octanol–water partition coefficient (Wildman–Crippen LogP) is 1.86. The highest BCUT2D eigenvalue weighted by Crippen LogP contribution is 2.10. The smallest absolute Gasteiger partial charge is 0.264 e. The fourth-order valence-corrected chi connectivity index (χ4v) is 1.91. The molecule has 1 rings (SSSR count). The first kappa shape index (κ1) is 12.6. The summed E-state index contributed by atoms with van der Waals surface area (Å²) in [5.41, 5.74) is 0.781. The van der Waals surface area contributed by atoms with Crippen molar-refractivity contribution in [1.82, 2.24) is 14.9 Å². The molecule has 0 aromatic carbocycles. The molecule has 1 amide bonds. The lowest BCUT2D eigenvalue weighted by molar-refractivity contribution is 0.0952. The molecule has 15 heavy (non-hydrogen) atoms. The average Bonchev–Trinajstić information content (AvgIpc) is 2.73. The molecule has 0 bridgehead atoms. The summed E-state index contributed by atoms with van der Waals surface area (Å²) < 4.78 is 3.78. The molecule has 0 radical (unpaired) electrons. The van der Waals surface area contributed by atoms with Crippen molar-refractivity contribution >= 4 is 33.4 Å². The van der Waals surface area contributed by atoms with Crippen LogP contribution in [0.5, 0.6) is 0 Å². The van der Waals surface area contributed by atoms with Crippen molar-refractivity contribution in [3.8, 4) is 0 Å². The van der Waals surface area contributed by atoms with Gasteiger partial charge in [0.1, 0.15) is 4.88 Å². The number of carbonyl (C=O) groups excluding carboxylic acids is 1. The zero-order chi connectivity index (χ0) is 11.3. The van der Waals surface area contributed by atoms with E-state index in [1.807, 2.05) is 6.92 Å². The van der Waals surface area contributed by atoms with E-state index in [4.69, 9.17) is 0 Å². The Morgan fingerprint density at radius 1 is 1.67 bits per heavy atom. The zero-order valence-electron chi connectivity index (χ0n) is 8.79. The lowest BCUT2D eigenvalue weighted by Crippen LogP contribution is -2.28. The van der Waals surface area contributed by atoms with E-state index in [9.17, 15) is 4.79 Å². The Morgan fingerprint density at radius 3 is 3.00 bits per heavy atom. The SMILES string of the molecule is CCc1nnsc1C(=O)NCC(C)CBr. The van der Waals surface area contributed by atoms with Crippen LogP contribution in [-0.2, 0) is 6.42 Å². The third-order valence-corrected chi connectivity index (χ3v) is 3.84. The van der Waals surface area contributed by atoms with Gasteiger partial charge in [0.15, 0.2) is 0 Å². The molecule has 1 N–H and O–H groups in total. The molecule has 1 aromatic rings. The van der Waals surface area contributed by atoms with Crippen LogP contribution in [0.2, 0.25) is 0 Å². The van der Waals surface area contributed by atoms with E-state index in [0.717, 1.165) is 29.0 Å². The van der Waals surface area contributed by atoms with Crippen LogP contribution in [0.3, 0.4) is 0 Å². The Hall–Kier alpha value is -0.490. The van der Waals surface area contributed by atoms with Gasteiger partial charge in [-0.3, -0.25) is 4.79 Å². The molecule has 0 aliphatic rings. The first-order valence-electron chi connectivity index (χ1n) is 4.84. The second-order valence-electron chi connectivity index (χ2n) is 3.37. The number of nitrogens with zero attached hydrogens (tertiary/aromatic N) is 2. The summed E-state index contributed by atoms with van der Waals surface area (Å²) in [7, 11) is 0. The highest BCUT2D eigenvalue weighted by molar-refractivity contribution is 9.09. The van der Waals surface area contributed by atoms with Gasteiger partial charge >= 0.3 is 0 Å². The van der Waals surface area contributed by atoms with Crippen molar-refractivity contribution in [2.45, 2.75) is 20.3 Å². The molecular weight excluding hydrogens is 278 g/mol. The van der Waals surface area contributed by atoms with Crippen LogP contribution in [0.25, 0.3) is 0 Å². The maximum atomic E-state index is 11.7. The second kappa shape index (κ2) is 6.17. The molecule has 1 aromatic heterocycles. The highest BCUT2D eigenvalue weighted by atomic mass is 79.9. The van der Waals surface area contributed by atoms with Crippen LogP contribution in [0.4, 0.5) is 0 Å². The van der Waals surface area contributed by atoms with Crippen LogP contribution in [0, 0.1) is 5.92 Å². The normalized spacial score (nSPS) is 12.5. The molecule has 4 nitrogen and oxygen atoms in total. The van der Waals surface area contributed by atoms with E-state index in [0.29, 0.717) is 17.3 Å². The number of aromatic nitrogens is 2. The van der Waals surface area contributed by atoms with Crippen molar-refractivity contribution in [2.75, 3.05) is 11.9 Å². The Kier molecular flexibility index (Phi) is 5.17. The van der Waals surface area contributed by atoms with Crippen LogP contribution in [-0.4, -0.2) is 27.4 Å². The summed E-state index contributed by atoms with van der Waals surface area (Å²) in [6, 6.07) is 0. The number of amides is 1. The maximum Gasteiger partial charge on any atom is 0.264 e. The predicted molar refractivity (Wildman–Crippen MR) is 64.6 cm³/mol. The van der Waals surface area contributed by atoms with Gasteiger partial charge in [-0.25, -0.2) is 0 Å². The summed E-state index contributed by atoms with van der Waals surface area (Å²) in [5.74, 6) is 0.370. The minimum atomic E-state index is -0.0605. The molecule has 0 aliphatic heterocycles. The Morgan fingerprint density at radius 2 is 2.40 bits per heavy atom. The van der Waals surface area contributed by atoms with Gasteiger partial charge in [0.2, 0.25) is 0 Å². The number of hydrogen-bond donors (Lipinski definition) is 1. The minimum Gasteiger partial charge on any atom is -0.351 e. The largest absolute Gasteiger partial charge is 0.351 e. The van der Waals surface area contributed by atoms with Crippen LogP contribution >= 0.6 is 27.5 Å². The molecule has 0 fully saturated rings. The number of nitrogens with one attached hydrogen (secondary N) is 1. The molecule has 1 atom stereocenters. The van der Waals surface area contributed by atoms with Crippen molar-refractivity contribution in [2.24, 2.45) is 5.92 Å². The highest BCUT2D eigenvalue weighted by Gasteiger charge is 2.14. The summed E-state index contributed by atoms with van der Waals surface area (Å²) in [6.45, 7) is 4.71. The molecule has 0 saturated heterocycles. The average molecular weight is 292 g/mol. The number of alkyl halides is 1. The summed E-state index contributed by atoms with van der Waals surface area (Å²) in [6.07, 6.45) is 0.743. The van der Waals surface area contributed by atoms with Crippen LogP contribution in [0.1, 0.15) is 29.2 Å². The molecule has 0 aliphatic carbocycles. The van der Waals surface area contributed by atoms with Gasteiger partial charge in [0, 0.05) is 11.9 Å². The van der Waals surface area contributed by atoms with Gasteiger partial charge in [0.05, 0.1) is 5.69 Å². The van der Waals surface area contributed by atoms with Gasteiger partial charge in [-0.1, -0.05) is 34.3 Å². The number of rotatable bonds is 5. The zero-order valence-corrected chi connectivity index (χ0v) is 11.2. The summed E-state index contributed by atoms with van der Waals surface area (Å²) >= 11 is 4.53. The number of aryl methyl sites for hydroxylation is 1. The third-order valence-electron chi connectivity index (χ3n) is 1.97. The Balaban J connectivity index is 2.54. The topological polar surface area (TPSA) is 54.9 Å². The first-order chi connectivity index (χ1) is 7.19. The van der Waals surface area contributed by atoms with Crippen molar-refractivity contribution in [1.29, 1.82) is 0 Å². The van der Waals surface area contributed by atoms with Crippen LogP contribution in [0.15, 0.2) is 0 Å². The molecule has 6 heteroatoms. The van der Waals surface area contributed by atoms with E-state index >= 15 is 0 Å². The molecule has 84 valence electrons. The van der Waals surface area contributed by atoms with E-state index in [1.54, 1.807) is 0 Å². The van der Waals surface area contributed by atoms with Crippen LogP contribution < -0.4 is 5.32 Å². The molecular formula is C9H14BrN3OS. The molecule has 0 spiro atoms. The van der Waals surface area contributed by atoms with E-state index < -0.39 is 0 Å². The second-order valence-corrected chi connectivity index (χ2v) is 4.77. The van der Waals surface area contributed by atoms with E-state index in [-0.39, 0.29) is 5.91 Å². The molecule has 0 saturated carbocycles. The molecule has 1 unspecified atom stereocenters. The van der Waals surface area contributed by atoms with Gasteiger partial charge < -0.3 is 5.32 Å². The fraction of sp³-hybridized carbons (Fsp3) is 0.667. The van der Waals surface area contributed by atoms with Gasteiger partial charge in [-0.05, 0) is 23.9 Å². The Labute approximate surface area is 102 Å². The lowest BCUT2D eigenvalue weighted by Gasteiger charge is -2.08. The van der Waals surface area contributed by atoms with E-state index in [2.05, 4.69) is 37.8 Å². The number of carbonyl (C=O) groups is 1. The van der Waals surface area contributed by atoms with E-state index in [1.165, 1.54) is 0 Å². The third kappa shape index (κ3) is 3.53. The number of hydrogen-bond acceptors (Lipinski definition) is 4. The fourth-order valence-electron chi connectivity index (χ4n) is 1.01. The van der Waals surface area contributed by atoms with Crippen molar-refractivity contribution in [3.05, 3.63) is 10.6 Å². The quantitative estimate of drug-likeness (QED) is 0.843. The van der Waals surface area contributed by atoms with Gasteiger partial charge in [-0.15, -0.1) is 5.10 Å². The standard InChI is InChI=1S/C9H14BrN3OS/c1-3-7-8(15-13-12-7)9(14)11-5-6(2)4-10/h6H,3-5H2,1-2H3,(H,11,14). The number of halogens is 1. The Bertz CT molecular complexity index is 329.